The van der Waals surface area contributed by atoms with Crippen LogP contribution in [0.3, 0.4) is 0 Å². The highest BCUT2D eigenvalue weighted by Crippen LogP contribution is 2.31. The Bertz CT molecular complexity index is 328. The van der Waals surface area contributed by atoms with Crippen LogP contribution in [0.1, 0.15) is 51.9 Å². The number of ether oxygens (including phenoxy) is 1. The van der Waals surface area contributed by atoms with Crippen LogP contribution in [-0.2, 0) is 4.74 Å². The highest BCUT2D eigenvalue weighted by atomic mass is 35.5. The number of hydrogen-bond donors (Lipinski definition) is 1. The molecule has 1 saturated heterocycles. The predicted molar refractivity (Wildman–Crippen MR) is 88.7 cm³/mol. The van der Waals surface area contributed by atoms with Crippen molar-refractivity contribution < 1.29 is 9.84 Å². The van der Waals surface area contributed by atoms with Crippen LogP contribution in [0, 0.1) is 18.3 Å². The molecule has 1 heterocycles. The summed E-state index contributed by atoms with van der Waals surface area (Å²) < 4.78 is 5.93. The van der Waals surface area contributed by atoms with Crippen LogP contribution in [0.4, 0.5) is 0 Å². The summed E-state index contributed by atoms with van der Waals surface area (Å²) in [4.78, 5) is 2.34. The Morgan fingerprint density at radius 1 is 1.29 bits per heavy atom. The topological polar surface area (TPSA) is 32.7 Å². The van der Waals surface area contributed by atoms with Crippen molar-refractivity contribution in [2.24, 2.45) is 5.92 Å². The first kappa shape index (κ1) is 18.8. The van der Waals surface area contributed by atoms with Crippen molar-refractivity contribution in [3.8, 4) is 12.3 Å². The lowest BCUT2D eigenvalue weighted by Crippen LogP contribution is -2.42. The second kappa shape index (κ2) is 9.00. The van der Waals surface area contributed by atoms with Gasteiger partial charge in [-0.1, -0.05) is 19.3 Å². The van der Waals surface area contributed by atoms with E-state index in [0.29, 0.717) is 13.2 Å². The summed E-state index contributed by atoms with van der Waals surface area (Å²) in [7, 11) is 0. The van der Waals surface area contributed by atoms with E-state index in [1.165, 1.54) is 19.3 Å². The average Bonchev–Trinajstić information content (AvgIpc) is 2.49. The molecule has 0 amide bonds. The smallest absolute Gasteiger partial charge is 0.128 e. The fourth-order valence-corrected chi connectivity index (χ4v) is 3.30. The van der Waals surface area contributed by atoms with Gasteiger partial charge in [-0.25, -0.2) is 0 Å². The van der Waals surface area contributed by atoms with Gasteiger partial charge in [-0.15, -0.1) is 18.8 Å². The van der Waals surface area contributed by atoms with Crippen molar-refractivity contribution in [1.29, 1.82) is 0 Å². The molecule has 0 bridgehead atoms. The van der Waals surface area contributed by atoms with Crippen LogP contribution in [0.15, 0.2) is 0 Å². The molecule has 0 spiro atoms. The SMILES string of the molecule is C#CC1(OCC(O)CN2CCC(C)CC2)CCCCC1.Cl. The molecule has 1 aliphatic carbocycles. The Morgan fingerprint density at radius 3 is 2.48 bits per heavy atom. The number of aliphatic hydroxyl groups is 1. The summed E-state index contributed by atoms with van der Waals surface area (Å²) in [6.45, 7) is 5.58. The van der Waals surface area contributed by atoms with Gasteiger partial charge in [0.2, 0.25) is 0 Å². The zero-order valence-corrected chi connectivity index (χ0v) is 14.0. The monoisotopic (exact) mass is 315 g/mol. The Morgan fingerprint density at radius 2 is 1.90 bits per heavy atom. The number of terminal acetylenes is 1. The summed E-state index contributed by atoms with van der Waals surface area (Å²) in [5.74, 6) is 3.66. The highest BCUT2D eigenvalue weighted by molar-refractivity contribution is 5.85. The Labute approximate surface area is 135 Å². The maximum absolute atomic E-state index is 10.2. The van der Waals surface area contributed by atoms with E-state index in [2.05, 4.69) is 17.7 Å². The molecule has 2 rings (SSSR count). The molecule has 0 aromatic heterocycles. The number of aliphatic hydroxyl groups excluding tert-OH is 1. The Balaban J connectivity index is 0.00000220. The maximum atomic E-state index is 10.2. The summed E-state index contributed by atoms with van der Waals surface area (Å²) in [5.41, 5.74) is -0.407. The minimum Gasteiger partial charge on any atom is -0.389 e. The maximum Gasteiger partial charge on any atom is 0.128 e. The predicted octanol–water partition coefficient (Wildman–Crippen LogP) is 2.85. The van der Waals surface area contributed by atoms with Crippen LogP contribution in [0.25, 0.3) is 0 Å². The molecule has 1 aliphatic heterocycles. The average molecular weight is 316 g/mol. The van der Waals surface area contributed by atoms with Crippen molar-refractivity contribution in [1.82, 2.24) is 4.90 Å². The lowest BCUT2D eigenvalue weighted by atomic mass is 9.85. The fourth-order valence-electron chi connectivity index (χ4n) is 3.30. The number of piperidine rings is 1. The minimum absolute atomic E-state index is 0. The van der Waals surface area contributed by atoms with E-state index in [1.54, 1.807) is 0 Å². The normalized spacial score (nSPS) is 24.8. The van der Waals surface area contributed by atoms with Gasteiger partial charge < -0.3 is 14.7 Å². The minimum atomic E-state index is -0.421. The largest absolute Gasteiger partial charge is 0.389 e. The van der Waals surface area contributed by atoms with E-state index in [1.807, 2.05) is 0 Å². The zero-order valence-electron chi connectivity index (χ0n) is 13.2. The second-order valence-corrected chi connectivity index (χ2v) is 6.65. The van der Waals surface area contributed by atoms with Crippen molar-refractivity contribution in [2.45, 2.75) is 63.6 Å². The number of nitrogens with zero attached hydrogens (tertiary/aromatic N) is 1. The van der Waals surface area contributed by atoms with Crippen LogP contribution in [-0.4, -0.2) is 48.0 Å². The van der Waals surface area contributed by atoms with Crippen LogP contribution in [0.2, 0.25) is 0 Å². The first-order valence-corrected chi connectivity index (χ1v) is 8.16. The summed E-state index contributed by atoms with van der Waals surface area (Å²) >= 11 is 0. The van der Waals surface area contributed by atoms with Crippen molar-refractivity contribution >= 4 is 12.4 Å². The summed E-state index contributed by atoms with van der Waals surface area (Å²) in [6, 6.07) is 0. The molecule has 0 aromatic rings. The second-order valence-electron chi connectivity index (χ2n) is 6.65. The van der Waals surface area contributed by atoms with Crippen molar-refractivity contribution in [2.75, 3.05) is 26.2 Å². The Kier molecular flexibility index (Phi) is 8.05. The first-order valence-electron chi connectivity index (χ1n) is 8.16. The van der Waals surface area contributed by atoms with E-state index < -0.39 is 11.7 Å². The number of hydrogen-bond acceptors (Lipinski definition) is 3. The third-order valence-corrected chi connectivity index (χ3v) is 4.82. The fraction of sp³-hybridized carbons (Fsp3) is 0.882. The molecule has 1 saturated carbocycles. The van der Waals surface area contributed by atoms with E-state index in [0.717, 1.165) is 44.7 Å². The van der Waals surface area contributed by atoms with Gasteiger partial charge in [-0.2, -0.15) is 0 Å². The van der Waals surface area contributed by atoms with Gasteiger partial charge in [-0.05, 0) is 57.5 Å². The number of likely N-dealkylation sites (tertiary alicyclic amines) is 1. The van der Waals surface area contributed by atoms with Crippen LogP contribution < -0.4 is 0 Å². The molecular formula is C17H30ClNO2. The summed E-state index contributed by atoms with van der Waals surface area (Å²) in [6.07, 6.45) is 13.1. The van der Waals surface area contributed by atoms with Crippen LogP contribution >= 0.6 is 12.4 Å². The molecule has 4 heteroatoms. The molecular weight excluding hydrogens is 286 g/mol. The standard InChI is InChI=1S/C17H29NO2.ClH/c1-3-17(9-5-4-6-10-17)20-14-16(19)13-18-11-7-15(2)8-12-18;/h1,15-16,19H,4-14H2,2H3;1H. The van der Waals surface area contributed by atoms with E-state index >= 15 is 0 Å². The quantitative estimate of drug-likeness (QED) is 0.792. The lowest BCUT2D eigenvalue weighted by molar-refractivity contribution is -0.0709. The third-order valence-electron chi connectivity index (χ3n) is 4.82. The highest BCUT2D eigenvalue weighted by Gasteiger charge is 2.31. The number of rotatable bonds is 5. The van der Waals surface area contributed by atoms with Crippen molar-refractivity contribution in [3.63, 3.8) is 0 Å². The molecule has 0 aromatic carbocycles. The van der Waals surface area contributed by atoms with Gasteiger partial charge in [0.15, 0.2) is 0 Å². The lowest BCUT2D eigenvalue weighted by Gasteiger charge is -2.35. The number of β-amino-alcohol motifs (C(OH)–C–C–N with tert-alkyl or cyclic N) is 1. The molecule has 21 heavy (non-hydrogen) atoms. The third kappa shape index (κ3) is 5.79. The van der Waals surface area contributed by atoms with Gasteiger partial charge >= 0.3 is 0 Å². The van der Waals surface area contributed by atoms with Gasteiger partial charge in [0.1, 0.15) is 5.60 Å². The molecule has 1 N–H and O–H groups in total. The van der Waals surface area contributed by atoms with Crippen molar-refractivity contribution in [3.05, 3.63) is 0 Å². The molecule has 0 radical (unpaired) electrons. The molecule has 3 nitrogen and oxygen atoms in total. The van der Waals surface area contributed by atoms with E-state index in [9.17, 15) is 5.11 Å². The number of halogens is 1. The molecule has 1 atom stereocenters. The van der Waals surface area contributed by atoms with E-state index in [4.69, 9.17) is 11.2 Å². The first-order chi connectivity index (χ1) is 9.63. The molecule has 2 aliphatic rings. The molecule has 1 unspecified atom stereocenters. The van der Waals surface area contributed by atoms with Gasteiger partial charge in [-0.3, -0.25) is 0 Å². The van der Waals surface area contributed by atoms with Gasteiger partial charge in [0, 0.05) is 6.54 Å². The Hall–Kier alpha value is -0.270. The summed E-state index contributed by atoms with van der Waals surface area (Å²) in [5, 5.41) is 10.2. The van der Waals surface area contributed by atoms with E-state index in [-0.39, 0.29) is 12.4 Å². The van der Waals surface area contributed by atoms with Crippen LogP contribution in [0.5, 0.6) is 0 Å². The molecule has 122 valence electrons. The van der Waals surface area contributed by atoms with Gasteiger partial charge in [0.25, 0.3) is 0 Å². The molecule has 2 fully saturated rings. The zero-order chi connectivity index (χ0) is 14.4. The van der Waals surface area contributed by atoms with Gasteiger partial charge in [0.05, 0.1) is 12.7 Å².